The summed E-state index contributed by atoms with van der Waals surface area (Å²) < 4.78 is 5.12. The van der Waals surface area contributed by atoms with Gasteiger partial charge in [-0.05, 0) is 17.7 Å². The number of ether oxygens (including phenoxy) is 1. The second-order valence-electron chi connectivity index (χ2n) is 4.64. The molecule has 1 heterocycles. The SMILES string of the molecule is CCN1CC([N+](=O)[O-])CN1Cc1ccc(OC)cc1. The third-order valence-electron chi connectivity index (χ3n) is 3.43. The molecule has 2 rings (SSSR count). The smallest absolute Gasteiger partial charge is 0.240 e. The fourth-order valence-electron chi connectivity index (χ4n) is 2.34. The highest BCUT2D eigenvalue weighted by molar-refractivity contribution is 5.27. The predicted molar refractivity (Wildman–Crippen MR) is 71.4 cm³/mol. The van der Waals surface area contributed by atoms with Crippen LogP contribution in [0.3, 0.4) is 0 Å². The number of hydrogen-bond donors (Lipinski definition) is 0. The van der Waals surface area contributed by atoms with Crippen molar-refractivity contribution in [1.82, 2.24) is 10.0 Å². The van der Waals surface area contributed by atoms with E-state index in [1.807, 2.05) is 36.2 Å². The summed E-state index contributed by atoms with van der Waals surface area (Å²) in [4.78, 5) is 10.7. The van der Waals surface area contributed by atoms with Crippen LogP contribution in [0.15, 0.2) is 24.3 Å². The second-order valence-corrected chi connectivity index (χ2v) is 4.64. The first kappa shape index (κ1) is 13.8. The van der Waals surface area contributed by atoms with E-state index in [4.69, 9.17) is 4.74 Å². The van der Waals surface area contributed by atoms with E-state index in [-0.39, 0.29) is 4.92 Å². The van der Waals surface area contributed by atoms with Crippen LogP contribution < -0.4 is 4.74 Å². The van der Waals surface area contributed by atoms with Crippen molar-refractivity contribution >= 4 is 0 Å². The number of hydrazine groups is 1. The topological polar surface area (TPSA) is 58.8 Å². The Morgan fingerprint density at radius 1 is 1.32 bits per heavy atom. The maximum absolute atomic E-state index is 10.9. The monoisotopic (exact) mass is 265 g/mol. The standard InChI is InChI=1S/C13H19N3O3/c1-3-14-9-12(16(17)18)10-15(14)8-11-4-6-13(19-2)7-5-11/h4-7,12H,3,8-10H2,1-2H3. The van der Waals surface area contributed by atoms with E-state index < -0.39 is 6.04 Å². The van der Waals surface area contributed by atoms with E-state index in [1.165, 1.54) is 0 Å². The Kier molecular flexibility index (Phi) is 4.34. The summed E-state index contributed by atoms with van der Waals surface area (Å²) in [6.07, 6.45) is 0. The summed E-state index contributed by atoms with van der Waals surface area (Å²) in [5, 5.41) is 15.0. The van der Waals surface area contributed by atoms with Crippen molar-refractivity contribution in [3.63, 3.8) is 0 Å². The van der Waals surface area contributed by atoms with Crippen LogP contribution in [0, 0.1) is 10.1 Å². The summed E-state index contributed by atoms with van der Waals surface area (Å²) in [6.45, 7) is 4.48. The molecule has 1 unspecified atom stereocenters. The number of hydrogen-bond acceptors (Lipinski definition) is 5. The summed E-state index contributed by atoms with van der Waals surface area (Å²) in [7, 11) is 1.63. The molecule has 0 aliphatic carbocycles. The molecule has 1 aliphatic heterocycles. The molecule has 0 bridgehead atoms. The normalized spacial score (nSPS) is 20.6. The molecule has 6 heteroatoms. The van der Waals surface area contributed by atoms with Crippen molar-refractivity contribution in [1.29, 1.82) is 0 Å². The van der Waals surface area contributed by atoms with Gasteiger partial charge in [0.2, 0.25) is 6.04 Å². The van der Waals surface area contributed by atoms with Crippen LogP contribution in [-0.2, 0) is 6.54 Å². The molecule has 1 aromatic rings. The van der Waals surface area contributed by atoms with E-state index in [1.54, 1.807) is 7.11 Å². The van der Waals surface area contributed by atoms with E-state index in [0.29, 0.717) is 19.6 Å². The van der Waals surface area contributed by atoms with Gasteiger partial charge in [-0.2, -0.15) is 0 Å². The Balaban J connectivity index is 2.02. The fraction of sp³-hybridized carbons (Fsp3) is 0.538. The first-order chi connectivity index (χ1) is 9.13. The molecule has 1 aromatic carbocycles. The molecule has 104 valence electrons. The molecule has 0 aromatic heterocycles. The number of likely N-dealkylation sites (N-methyl/N-ethyl adjacent to an activating group) is 1. The van der Waals surface area contributed by atoms with Crippen molar-refractivity contribution in [2.75, 3.05) is 26.7 Å². The summed E-state index contributed by atoms with van der Waals surface area (Å²) >= 11 is 0. The van der Waals surface area contributed by atoms with Gasteiger partial charge in [0.1, 0.15) is 5.75 Å². The minimum absolute atomic E-state index is 0.184. The average molecular weight is 265 g/mol. The molecule has 1 fully saturated rings. The minimum atomic E-state index is -0.488. The lowest BCUT2D eigenvalue weighted by Crippen LogP contribution is -2.35. The average Bonchev–Trinajstić information content (AvgIpc) is 2.83. The molecule has 1 atom stereocenters. The van der Waals surface area contributed by atoms with Gasteiger partial charge < -0.3 is 4.74 Å². The zero-order valence-electron chi connectivity index (χ0n) is 11.3. The van der Waals surface area contributed by atoms with Gasteiger partial charge in [-0.3, -0.25) is 10.1 Å². The van der Waals surface area contributed by atoms with Gasteiger partial charge in [-0.1, -0.05) is 19.1 Å². The largest absolute Gasteiger partial charge is 0.497 e. The molecular formula is C13H19N3O3. The highest BCUT2D eigenvalue weighted by Gasteiger charge is 2.36. The molecule has 0 spiro atoms. The van der Waals surface area contributed by atoms with E-state index in [2.05, 4.69) is 5.01 Å². The van der Waals surface area contributed by atoms with Crippen molar-refractivity contribution < 1.29 is 9.66 Å². The molecule has 1 saturated heterocycles. The summed E-state index contributed by atoms with van der Waals surface area (Å²) in [5.41, 5.74) is 1.13. The van der Waals surface area contributed by atoms with E-state index in [0.717, 1.165) is 17.9 Å². The molecule has 1 aliphatic rings. The third kappa shape index (κ3) is 3.21. The van der Waals surface area contributed by atoms with Gasteiger partial charge in [0.05, 0.1) is 20.2 Å². The third-order valence-corrected chi connectivity index (χ3v) is 3.43. The van der Waals surface area contributed by atoms with E-state index in [9.17, 15) is 10.1 Å². The quantitative estimate of drug-likeness (QED) is 0.595. The lowest BCUT2D eigenvalue weighted by Gasteiger charge is -2.25. The maximum Gasteiger partial charge on any atom is 0.240 e. The van der Waals surface area contributed by atoms with Crippen molar-refractivity contribution in [2.24, 2.45) is 0 Å². The molecule has 0 amide bonds. The molecular weight excluding hydrogens is 246 g/mol. The minimum Gasteiger partial charge on any atom is -0.497 e. The van der Waals surface area contributed by atoms with Crippen molar-refractivity contribution in [3.8, 4) is 5.75 Å². The van der Waals surface area contributed by atoms with Crippen molar-refractivity contribution in [2.45, 2.75) is 19.5 Å². The first-order valence-electron chi connectivity index (χ1n) is 6.40. The number of benzene rings is 1. The number of nitro groups is 1. The highest BCUT2D eigenvalue weighted by atomic mass is 16.6. The first-order valence-corrected chi connectivity index (χ1v) is 6.40. The van der Waals surface area contributed by atoms with Crippen LogP contribution in [0.5, 0.6) is 5.75 Å². The van der Waals surface area contributed by atoms with Gasteiger partial charge in [-0.25, -0.2) is 10.0 Å². The number of nitrogens with zero attached hydrogens (tertiary/aromatic N) is 3. The van der Waals surface area contributed by atoms with Gasteiger partial charge in [-0.15, -0.1) is 0 Å². The van der Waals surface area contributed by atoms with E-state index >= 15 is 0 Å². The number of methoxy groups -OCH3 is 1. The number of rotatable bonds is 5. The van der Waals surface area contributed by atoms with Crippen LogP contribution in [0.4, 0.5) is 0 Å². The molecule has 19 heavy (non-hydrogen) atoms. The Hall–Kier alpha value is -1.66. The van der Waals surface area contributed by atoms with Gasteiger partial charge in [0.25, 0.3) is 0 Å². The summed E-state index contributed by atoms with van der Waals surface area (Å²) in [5.74, 6) is 0.820. The van der Waals surface area contributed by atoms with Gasteiger partial charge >= 0.3 is 0 Å². The predicted octanol–water partition coefficient (Wildman–Crippen LogP) is 1.39. The second kappa shape index (κ2) is 5.99. The molecule has 0 N–H and O–H groups in total. The Bertz CT molecular complexity index is 435. The zero-order valence-corrected chi connectivity index (χ0v) is 11.3. The van der Waals surface area contributed by atoms with Crippen LogP contribution in [-0.4, -0.2) is 47.7 Å². The van der Waals surface area contributed by atoms with Crippen LogP contribution in [0.2, 0.25) is 0 Å². The lowest BCUT2D eigenvalue weighted by atomic mass is 10.2. The molecule has 0 saturated carbocycles. The highest BCUT2D eigenvalue weighted by Crippen LogP contribution is 2.18. The zero-order chi connectivity index (χ0) is 13.8. The molecule has 6 nitrogen and oxygen atoms in total. The Labute approximate surface area is 112 Å². The van der Waals surface area contributed by atoms with Crippen LogP contribution in [0.25, 0.3) is 0 Å². The fourth-order valence-corrected chi connectivity index (χ4v) is 2.34. The van der Waals surface area contributed by atoms with Crippen LogP contribution in [0.1, 0.15) is 12.5 Å². The van der Waals surface area contributed by atoms with Crippen LogP contribution >= 0.6 is 0 Å². The Morgan fingerprint density at radius 3 is 2.47 bits per heavy atom. The van der Waals surface area contributed by atoms with Gasteiger partial charge in [0.15, 0.2) is 0 Å². The van der Waals surface area contributed by atoms with Gasteiger partial charge in [0, 0.05) is 18.0 Å². The maximum atomic E-state index is 10.9. The Morgan fingerprint density at radius 2 is 1.95 bits per heavy atom. The summed E-state index contributed by atoms with van der Waals surface area (Å²) in [6, 6.07) is 7.32. The molecule has 0 radical (unpaired) electrons. The lowest BCUT2D eigenvalue weighted by molar-refractivity contribution is -0.515. The van der Waals surface area contributed by atoms with Crippen molar-refractivity contribution in [3.05, 3.63) is 39.9 Å².